The van der Waals surface area contributed by atoms with Gasteiger partial charge in [-0.1, -0.05) is 72.6 Å². The van der Waals surface area contributed by atoms with Gasteiger partial charge < -0.3 is 9.47 Å². The minimum absolute atomic E-state index is 0.0400. The number of fused-ring (bicyclic) bond motifs is 1. The summed E-state index contributed by atoms with van der Waals surface area (Å²) < 4.78 is 13.0. The molecule has 0 radical (unpaired) electrons. The summed E-state index contributed by atoms with van der Waals surface area (Å²) in [6, 6.07) is 0. The van der Waals surface area contributed by atoms with E-state index >= 15 is 0 Å². The summed E-state index contributed by atoms with van der Waals surface area (Å²) in [4.78, 5) is 0. The summed E-state index contributed by atoms with van der Waals surface area (Å²) in [5, 5.41) is 0. The molecule has 34 heavy (non-hydrogen) atoms. The Kier molecular flexibility index (Phi) is 11.3. The molecule has 0 N–H and O–H groups in total. The first-order valence-electron chi connectivity index (χ1n) is 14.4. The van der Waals surface area contributed by atoms with Crippen LogP contribution in [0, 0.1) is 38.5 Å². The minimum Gasteiger partial charge on any atom is -0.490 e. The van der Waals surface area contributed by atoms with Crippen LogP contribution in [0.15, 0.2) is 0 Å². The Morgan fingerprint density at radius 3 is 1.88 bits per heavy atom. The van der Waals surface area contributed by atoms with Gasteiger partial charge in [0.15, 0.2) is 0 Å². The zero-order chi connectivity index (χ0) is 25.5. The Hall–Kier alpha value is -1.18. The Bertz CT molecular complexity index is 763. The lowest BCUT2D eigenvalue weighted by atomic mass is 9.83. The molecule has 1 aromatic carbocycles. The van der Waals surface area contributed by atoms with E-state index in [0.29, 0.717) is 0 Å². The van der Waals surface area contributed by atoms with Gasteiger partial charge in [-0.15, -0.1) is 0 Å². The van der Waals surface area contributed by atoms with Gasteiger partial charge in [0.1, 0.15) is 17.1 Å². The van der Waals surface area contributed by atoms with Crippen LogP contribution >= 0.6 is 0 Å². The Morgan fingerprint density at radius 1 is 0.765 bits per heavy atom. The van der Waals surface area contributed by atoms with E-state index in [9.17, 15) is 0 Å². The van der Waals surface area contributed by atoms with Crippen LogP contribution in [0.25, 0.3) is 0 Å². The van der Waals surface area contributed by atoms with Crippen molar-refractivity contribution < 1.29 is 9.47 Å². The molecule has 3 atom stereocenters. The highest BCUT2D eigenvalue weighted by Gasteiger charge is 2.34. The van der Waals surface area contributed by atoms with Crippen molar-refractivity contribution in [3.63, 3.8) is 0 Å². The second-order valence-corrected chi connectivity index (χ2v) is 12.6. The molecule has 0 fully saturated rings. The van der Waals surface area contributed by atoms with E-state index < -0.39 is 0 Å². The van der Waals surface area contributed by atoms with Gasteiger partial charge in [0, 0.05) is 5.56 Å². The largest absolute Gasteiger partial charge is 0.490 e. The van der Waals surface area contributed by atoms with Gasteiger partial charge in [-0.3, -0.25) is 0 Å². The van der Waals surface area contributed by atoms with Crippen LogP contribution in [0.3, 0.4) is 0 Å². The van der Waals surface area contributed by atoms with Crippen LogP contribution in [0.5, 0.6) is 11.5 Å². The highest BCUT2D eigenvalue weighted by molar-refractivity contribution is 5.59. The highest BCUT2D eigenvalue weighted by atomic mass is 16.5. The number of hydrogen-bond acceptors (Lipinski definition) is 2. The lowest BCUT2D eigenvalue weighted by Gasteiger charge is -2.38. The van der Waals surface area contributed by atoms with E-state index in [1.54, 1.807) is 0 Å². The number of ether oxygens (including phenoxy) is 2. The van der Waals surface area contributed by atoms with Crippen LogP contribution in [-0.2, 0) is 6.42 Å². The van der Waals surface area contributed by atoms with Gasteiger partial charge in [-0.05, 0) is 102 Å². The van der Waals surface area contributed by atoms with E-state index in [1.807, 2.05) is 0 Å². The normalized spacial score (nSPS) is 19.8. The minimum atomic E-state index is -0.0400. The van der Waals surface area contributed by atoms with E-state index in [4.69, 9.17) is 9.47 Å². The van der Waals surface area contributed by atoms with Gasteiger partial charge in [0.25, 0.3) is 0 Å². The summed E-state index contributed by atoms with van der Waals surface area (Å²) >= 11 is 0. The van der Waals surface area contributed by atoms with Crippen molar-refractivity contribution in [3.05, 3.63) is 22.3 Å². The molecular formula is C32H56O2. The summed E-state index contributed by atoms with van der Waals surface area (Å²) in [6.07, 6.45) is 14.5. The van der Waals surface area contributed by atoms with E-state index in [-0.39, 0.29) is 11.7 Å². The molecule has 0 spiro atoms. The predicted octanol–water partition coefficient (Wildman–Crippen LogP) is 9.92. The first-order valence-corrected chi connectivity index (χ1v) is 14.4. The Morgan fingerprint density at radius 2 is 1.32 bits per heavy atom. The molecule has 1 heterocycles. The fourth-order valence-electron chi connectivity index (χ4n) is 5.67. The molecule has 0 aliphatic carbocycles. The van der Waals surface area contributed by atoms with Crippen molar-refractivity contribution in [2.45, 2.75) is 152 Å². The quantitative estimate of drug-likeness (QED) is 0.268. The average Bonchev–Trinajstić information content (AvgIpc) is 2.74. The predicted molar refractivity (Wildman–Crippen MR) is 148 cm³/mol. The van der Waals surface area contributed by atoms with Crippen molar-refractivity contribution in [1.82, 2.24) is 0 Å². The van der Waals surface area contributed by atoms with E-state index in [2.05, 4.69) is 69.2 Å². The lowest BCUT2D eigenvalue weighted by Crippen LogP contribution is -2.37. The van der Waals surface area contributed by atoms with E-state index in [0.717, 1.165) is 48.5 Å². The molecule has 1 aromatic rings. The maximum absolute atomic E-state index is 6.76. The zero-order valence-electron chi connectivity index (χ0n) is 24.4. The fraction of sp³-hybridized carbons (Fsp3) is 0.812. The SMILES string of the molecule is Cc1c(C)c2c(c(C)c1OC(C)C)CC[C@@](C)(CCC[C@H](C)CCC[C@H](C)CCCC(C)C)O2. The molecule has 0 amide bonds. The van der Waals surface area contributed by atoms with Gasteiger partial charge in [-0.2, -0.15) is 0 Å². The third-order valence-corrected chi connectivity index (χ3v) is 8.19. The standard InChI is InChI=1S/C32H56O2/c1-22(2)14-11-15-24(5)16-12-17-25(6)18-13-20-32(10)21-19-29-28(9)30(33-23(3)4)26(7)27(8)31(29)34-32/h22-25H,11-21H2,1-10H3/t24-,25-,32-/m1/s1. The molecule has 0 saturated carbocycles. The summed E-state index contributed by atoms with van der Waals surface area (Å²) in [7, 11) is 0. The second-order valence-electron chi connectivity index (χ2n) is 12.6. The monoisotopic (exact) mass is 472 g/mol. The molecule has 2 nitrogen and oxygen atoms in total. The van der Waals surface area contributed by atoms with Crippen molar-refractivity contribution >= 4 is 0 Å². The van der Waals surface area contributed by atoms with Crippen LogP contribution in [0.2, 0.25) is 0 Å². The summed E-state index contributed by atoms with van der Waals surface area (Å²) in [5.41, 5.74) is 5.11. The van der Waals surface area contributed by atoms with Gasteiger partial charge in [-0.25, -0.2) is 0 Å². The van der Waals surface area contributed by atoms with Crippen LogP contribution in [0.4, 0.5) is 0 Å². The Balaban J connectivity index is 1.82. The highest BCUT2D eigenvalue weighted by Crippen LogP contribution is 2.45. The van der Waals surface area contributed by atoms with E-state index in [1.165, 1.54) is 73.6 Å². The molecule has 0 saturated heterocycles. The molecule has 1 aliphatic rings. The molecule has 0 unspecified atom stereocenters. The number of rotatable bonds is 14. The zero-order valence-corrected chi connectivity index (χ0v) is 24.4. The van der Waals surface area contributed by atoms with Gasteiger partial charge in [0.2, 0.25) is 0 Å². The number of hydrogen-bond donors (Lipinski definition) is 0. The smallest absolute Gasteiger partial charge is 0.127 e. The van der Waals surface area contributed by atoms with Crippen LogP contribution < -0.4 is 9.47 Å². The molecule has 1 aliphatic heterocycles. The van der Waals surface area contributed by atoms with Crippen LogP contribution in [-0.4, -0.2) is 11.7 Å². The van der Waals surface area contributed by atoms with Crippen molar-refractivity contribution in [2.24, 2.45) is 17.8 Å². The Labute approximate surface area is 212 Å². The second kappa shape index (κ2) is 13.2. The first-order chi connectivity index (χ1) is 15.9. The third-order valence-electron chi connectivity index (χ3n) is 8.19. The molecule has 2 rings (SSSR count). The maximum Gasteiger partial charge on any atom is 0.127 e. The van der Waals surface area contributed by atoms with Crippen molar-refractivity contribution in [1.29, 1.82) is 0 Å². The summed E-state index contributed by atoms with van der Waals surface area (Å²) in [6.45, 7) is 22.7. The topological polar surface area (TPSA) is 18.5 Å². The molecule has 2 heteroatoms. The first kappa shape index (κ1) is 29.1. The third kappa shape index (κ3) is 8.49. The molecule has 0 aromatic heterocycles. The number of benzene rings is 1. The maximum atomic E-state index is 6.76. The van der Waals surface area contributed by atoms with Crippen molar-refractivity contribution in [3.8, 4) is 11.5 Å². The molecule has 0 bridgehead atoms. The van der Waals surface area contributed by atoms with Gasteiger partial charge >= 0.3 is 0 Å². The summed E-state index contributed by atoms with van der Waals surface area (Å²) in [5.74, 6) is 4.77. The average molecular weight is 473 g/mol. The van der Waals surface area contributed by atoms with Crippen molar-refractivity contribution in [2.75, 3.05) is 0 Å². The van der Waals surface area contributed by atoms with Gasteiger partial charge in [0.05, 0.1) is 6.10 Å². The molecule has 196 valence electrons. The molecular weight excluding hydrogens is 416 g/mol. The lowest BCUT2D eigenvalue weighted by molar-refractivity contribution is 0.0510. The fourth-order valence-corrected chi connectivity index (χ4v) is 5.67. The van der Waals surface area contributed by atoms with Crippen LogP contribution in [0.1, 0.15) is 135 Å².